The summed E-state index contributed by atoms with van der Waals surface area (Å²) in [6.07, 6.45) is 1.42. The van der Waals surface area contributed by atoms with Gasteiger partial charge in [-0.25, -0.2) is 9.97 Å². The Bertz CT molecular complexity index is 576. The Labute approximate surface area is 122 Å². The third-order valence-corrected chi connectivity index (χ3v) is 4.06. The van der Waals surface area contributed by atoms with Gasteiger partial charge in [-0.3, -0.25) is 0 Å². The highest BCUT2D eigenvalue weighted by molar-refractivity contribution is 7.99. The third-order valence-electron chi connectivity index (χ3n) is 2.73. The zero-order valence-electron chi connectivity index (χ0n) is 11.1. The highest BCUT2D eigenvalue weighted by Gasteiger charge is 2.13. The molecule has 0 amide bonds. The lowest BCUT2D eigenvalue weighted by molar-refractivity contribution is 0.590. The molecule has 1 heterocycles. The van der Waals surface area contributed by atoms with Crippen molar-refractivity contribution >= 4 is 29.1 Å². The van der Waals surface area contributed by atoms with Crippen molar-refractivity contribution in [2.75, 3.05) is 5.73 Å². The van der Waals surface area contributed by atoms with E-state index in [0.717, 1.165) is 4.90 Å². The van der Waals surface area contributed by atoms with Gasteiger partial charge in [-0.1, -0.05) is 56.3 Å². The second kappa shape index (κ2) is 5.39. The number of halogens is 1. The smallest absolute Gasteiger partial charge is 0.156 e. The molecule has 100 valence electrons. The van der Waals surface area contributed by atoms with Crippen LogP contribution in [-0.4, -0.2) is 9.97 Å². The predicted octanol–water partition coefficient (Wildman–Crippen LogP) is 4.16. The van der Waals surface area contributed by atoms with Crippen LogP contribution in [0.3, 0.4) is 0 Å². The van der Waals surface area contributed by atoms with E-state index in [9.17, 15) is 0 Å². The first kappa shape index (κ1) is 14.2. The maximum absolute atomic E-state index is 5.88. The fourth-order valence-corrected chi connectivity index (χ4v) is 2.57. The topological polar surface area (TPSA) is 51.8 Å². The highest BCUT2D eigenvalue weighted by Crippen LogP contribution is 2.33. The molecule has 2 aromatic rings. The minimum Gasteiger partial charge on any atom is -0.394 e. The summed E-state index contributed by atoms with van der Waals surface area (Å²) >= 11 is 7.36. The van der Waals surface area contributed by atoms with Gasteiger partial charge in [0, 0.05) is 4.90 Å². The molecule has 19 heavy (non-hydrogen) atoms. The van der Waals surface area contributed by atoms with Crippen molar-refractivity contribution in [3.8, 4) is 0 Å². The van der Waals surface area contributed by atoms with Crippen LogP contribution in [0.15, 0.2) is 40.5 Å². The average molecular weight is 294 g/mol. The minimum atomic E-state index is 0.153. The molecule has 0 saturated carbocycles. The number of hydrogen-bond donors (Lipinski definition) is 1. The number of nitrogens with zero attached hydrogens (tertiary/aromatic N) is 2. The Morgan fingerprint density at radius 1 is 1.11 bits per heavy atom. The molecule has 1 aromatic carbocycles. The van der Waals surface area contributed by atoms with E-state index >= 15 is 0 Å². The Hall–Kier alpha value is -1.26. The van der Waals surface area contributed by atoms with Gasteiger partial charge < -0.3 is 5.73 Å². The number of hydrogen-bond acceptors (Lipinski definition) is 4. The number of anilines is 1. The van der Waals surface area contributed by atoms with Gasteiger partial charge in [0.25, 0.3) is 0 Å². The summed E-state index contributed by atoms with van der Waals surface area (Å²) in [7, 11) is 0. The maximum Gasteiger partial charge on any atom is 0.156 e. The van der Waals surface area contributed by atoms with Crippen LogP contribution >= 0.6 is 23.4 Å². The van der Waals surface area contributed by atoms with Crippen LogP contribution in [0.2, 0.25) is 5.15 Å². The van der Waals surface area contributed by atoms with E-state index in [1.165, 1.54) is 23.7 Å². The third kappa shape index (κ3) is 3.39. The summed E-state index contributed by atoms with van der Waals surface area (Å²) in [4.78, 5) is 9.07. The van der Waals surface area contributed by atoms with Crippen LogP contribution in [0.1, 0.15) is 26.3 Å². The first-order valence-corrected chi connectivity index (χ1v) is 7.12. The van der Waals surface area contributed by atoms with Crippen LogP contribution in [0.5, 0.6) is 0 Å². The molecule has 0 bridgehead atoms. The number of benzene rings is 1. The molecule has 0 spiro atoms. The summed E-state index contributed by atoms with van der Waals surface area (Å²) in [5.74, 6) is 0. The van der Waals surface area contributed by atoms with Crippen molar-refractivity contribution in [3.63, 3.8) is 0 Å². The lowest BCUT2D eigenvalue weighted by atomic mass is 9.87. The summed E-state index contributed by atoms with van der Waals surface area (Å²) in [5, 5.41) is 0.979. The molecular weight excluding hydrogens is 278 g/mol. The van der Waals surface area contributed by atoms with Gasteiger partial charge in [0.1, 0.15) is 17.0 Å². The summed E-state index contributed by atoms with van der Waals surface area (Å²) in [6.45, 7) is 6.58. The highest BCUT2D eigenvalue weighted by atomic mass is 35.5. The molecule has 3 nitrogen and oxygen atoms in total. The van der Waals surface area contributed by atoms with E-state index in [1.807, 2.05) is 0 Å². The van der Waals surface area contributed by atoms with Gasteiger partial charge in [-0.2, -0.15) is 0 Å². The summed E-state index contributed by atoms with van der Waals surface area (Å²) < 4.78 is 0. The molecule has 0 fully saturated rings. The van der Waals surface area contributed by atoms with Gasteiger partial charge in [-0.15, -0.1) is 0 Å². The Kier molecular flexibility index (Phi) is 4.02. The molecule has 5 heteroatoms. The lowest BCUT2D eigenvalue weighted by Gasteiger charge is -2.19. The van der Waals surface area contributed by atoms with Gasteiger partial charge in [0.2, 0.25) is 0 Å². The van der Waals surface area contributed by atoms with Crippen molar-refractivity contribution < 1.29 is 0 Å². The lowest BCUT2D eigenvalue weighted by Crippen LogP contribution is -2.10. The van der Waals surface area contributed by atoms with Gasteiger partial charge in [-0.05, 0) is 23.1 Å². The molecule has 0 unspecified atom stereocenters. The summed E-state index contributed by atoms with van der Waals surface area (Å²) in [6, 6.07) is 8.39. The quantitative estimate of drug-likeness (QED) is 0.845. The maximum atomic E-state index is 5.88. The fourth-order valence-electron chi connectivity index (χ4n) is 1.58. The number of nitrogens with two attached hydrogens (primary N) is 1. The molecule has 0 aliphatic carbocycles. The predicted molar refractivity (Wildman–Crippen MR) is 80.7 cm³/mol. The minimum absolute atomic E-state index is 0.153. The Morgan fingerprint density at radius 3 is 2.32 bits per heavy atom. The molecule has 2 N–H and O–H groups in total. The molecule has 0 radical (unpaired) electrons. The van der Waals surface area contributed by atoms with Gasteiger partial charge in [0.15, 0.2) is 5.15 Å². The van der Waals surface area contributed by atoms with E-state index in [1.54, 1.807) is 0 Å². The van der Waals surface area contributed by atoms with Crippen molar-refractivity contribution in [2.24, 2.45) is 0 Å². The Balaban J connectivity index is 2.23. The molecular formula is C14H16ClN3S. The van der Waals surface area contributed by atoms with E-state index in [-0.39, 0.29) is 5.41 Å². The molecule has 0 aliphatic heterocycles. The van der Waals surface area contributed by atoms with Crippen molar-refractivity contribution in [3.05, 3.63) is 41.3 Å². The number of aromatic nitrogens is 2. The summed E-state index contributed by atoms with van der Waals surface area (Å²) in [5.41, 5.74) is 7.73. The Morgan fingerprint density at radius 2 is 1.74 bits per heavy atom. The van der Waals surface area contributed by atoms with Crippen LogP contribution in [0.25, 0.3) is 0 Å². The van der Waals surface area contributed by atoms with E-state index < -0.39 is 0 Å². The van der Waals surface area contributed by atoms with E-state index in [0.29, 0.717) is 15.9 Å². The normalized spacial score (nSPS) is 11.6. The fraction of sp³-hybridized carbons (Fsp3) is 0.286. The largest absolute Gasteiger partial charge is 0.394 e. The van der Waals surface area contributed by atoms with Crippen LogP contribution in [0, 0.1) is 0 Å². The monoisotopic (exact) mass is 293 g/mol. The van der Waals surface area contributed by atoms with Gasteiger partial charge in [0.05, 0.1) is 0 Å². The molecule has 0 aliphatic rings. The second-order valence-corrected chi connectivity index (χ2v) is 6.68. The molecule has 0 saturated heterocycles. The van der Waals surface area contributed by atoms with Crippen LogP contribution < -0.4 is 5.73 Å². The number of nitrogen functional groups attached to an aromatic ring is 1. The zero-order valence-corrected chi connectivity index (χ0v) is 12.7. The van der Waals surface area contributed by atoms with Crippen molar-refractivity contribution in [2.45, 2.75) is 36.1 Å². The van der Waals surface area contributed by atoms with Crippen molar-refractivity contribution in [1.82, 2.24) is 9.97 Å². The zero-order chi connectivity index (χ0) is 14.0. The van der Waals surface area contributed by atoms with Crippen LogP contribution in [-0.2, 0) is 5.41 Å². The first-order chi connectivity index (χ1) is 8.88. The second-order valence-electron chi connectivity index (χ2n) is 5.26. The standard InChI is InChI=1S/C14H16ClN3S/c1-14(2,3)9-4-6-10(7-5-9)19-13-11(16)12(15)17-8-18-13/h4-8H,16H2,1-3H3. The molecule has 1 aromatic heterocycles. The average Bonchev–Trinajstić information content (AvgIpc) is 2.35. The first-order valence-electron chi connectivity index (χ1n) is 5.92. The van der Waals surface area contributed by atoms with E-state index in [4.69, 9.17) is 17.3 Å². The van der Waals surface area contributed by atoms with E-state index in [2.05, 4.69) is 55.0 Å². The molecule has 2 rings (SSSR count). The molecule has 0 atom stereocenters. The van der Waals surface area contributed by atoms with Crippen LogP contribution in [0.4, 0.5) is 5.69 Å². The SMILES string of the molecule is CC(C)(C)c1ccc(Sc2ncnc(Cl)c2N)cc1. The van der Waals surface area contributed by atoms with Crippen molar-refractivity contribution in [1.29, 1.82) is 0 Å². The van der Waals surface area contributed by atoms with Gasteiger partial charge >= 0.3 is 0 Å². The number of rotatable bonds is 2.